The molecule has 0 bridgehead atoms. The highest BCUT2D eigenvalue weighted by Gasteiger charge is 2.39. The normalized spacial score (nSPS) is 13.7. The van der Waals surface area contributed by atoms with Gasteiger partial charge in [-0.3, -0.25) is 9.59 Å². The van der Waals surface area contributed by atoms with Crippen LogP contribution in [0.1, 0.15) is 30.1 Å². The van der Waals surface area contributed by atoms with E-state index in [-0.39, 0.29) is 17.3 Å². The first-order valence-electron chi connectivity index (χ1n) is 11.5. The minimum Gasteiger partial charge on any atom is -0.496 e. The number of ether oxygens (including phenoxy) is 1. The van der Waals surface area contributed by atoms with Gasteiger partial charge in [-0.25, -0.2) is 9.37 Å². The Morgan fingerprint density at radius 1 is 1.16 bits per heavy atom. The number of benzene rings is 2. The molecule has 0 atom stereocenters. The van der Waals surface area contributed by atoms with Crippen LogP contribution < -0.4 is 21.1 Å². The van der Waals surface area contributed by atoms with Crippen LogP contribution in [0.2, 0.25) is 0 Å². The molecule has 2 amide bonds. The monoisotopic (exact) mass is 501 g/mol. The number of hydrogen-bond donors (Lipinski definition) is 3. The number of rotatable bonds is 7. The highest BCUT2D eigenvalue weighted by atomic mass is 19.1. The number of hydrogen-bond acceptors (Lipinski definition) is 7. The third kappa shape index (κ3) is 4.58. The summed E-state index contributed by atoms with van der Waals surface area (Å²) in [4.78, 5) is 28.6. The number of halogens is 1. The maximum Gasteiger partial charge on any atom is 0.283 e. The zero-order valence-corrected chi connectivity index (χ0v) is 20.2. The van der Waals surface area contributed by atoms with Gasteiger partial charge in [0.25, 0.3) is 11.8 Å². The summed E-state index contributed by atoms with van der Waals surface area (Å²) in [5.74, 6) is -1.60. The van der Waals surface area contributed by atoms with E-state index in [9.17, 15) is 14.0 Å². The van der Waals surface area contributed by atoms with E-state index in [0.29, 0.717) is 44.9 Å². The molecule has 0 aliphatic heterocycles. The number of amides is 2. The molecular formula is C26H24FN7O3. The molecule has 5 rings (SSSR count). The second-order valence-electron chi connectivity index (χ2n) is 9.07. The quantitative estimate of drug-likeness (QED) is 0.328. The number of carbonyl (C=O) groups is 2. The van der Waals surface area contributed by atoms with Crippen molar-refractivity contribution >= 4 is 28.8 Å². The van der Waals surface area contributed by atoms with E-state index in [1.807, 2.05) is 6.92 Å². The lowest BCUT2D eigenvalue weighted by atomic mass is 9.98. The molecule has 10 nitrogen and oxygen atoms in total. The molecular weight excluding hydrogens is 477 g/mol. The van der Waals surface area contributed by atoms with E-state index in [4.69, 9.17) is 10.5 Å². The predicted molar refractivity (Wildman–Crippen MR) is 137 cm³/mol. The minimum absolute atomic E-state index is 0.175. The number of fused-ring (bicyclic) bond motifs is 1. The third-order valence-corrected chi connectivity index (χ3v) is 6.28. The van der Waals surface area contributed by atoms with Gasteiger partial charge in [-0.05, 0) is 49.6 Å². The fourth-order valence-corrected chi connectivity index (χ4v) is 3.99. The van der Waals surface area contributed by atoms with E-state index in [2.05, 4.69) is 32.4 Å². The van der Waals surface area contributed by atoms with Crippen LogP contribution in [0.5, 0.6) is 5.75 Å². The second kappa shape index (κ2) is 9.01. The van der Waals surface area contributed by atoms with Crippen LogP contribution in [0.4, 0.5) is 15.9 Å². The lowest BCUT2D eigenvalue weighted by Gasteiger charge is -2.15. The van der Waals surface area contributed by atoms with Crippen LogP contribution in [-0.4, -0.2) is 44.3 Å². The maximum absolute atomic E-state index is 13.1. The van der Waals surface area contributed by atoms with Gasteiger partial charge in [0, 0.05) is 22.4 Å². The van der Waals surface area contributed by atoms with Gasteiger partial charge in [-0.15, -0.1) is 14.8 Å². The van der Waals surface area contributed by atoms with Crippen LogP contribution in [0.25, 0.3) is 27.9 Å². The summed E-state index contributed by atoms with van der Waals surface area (Å²) in [6.45, 7) is 5.00. The summed E-state index contributed by atoms with van der Waals surface area (Å²) >= 11 is 0. The van der Waals surface area contributed by atoms with Crippen LogP contribution in [0.15, 0.2) is 61.2 Å². The molecule has 0 spiro atoms. The fourth-order valence-electron chi connectivity index (χ4n) is 3.99. The van der Waals surface area contributed by atoms with Gasteiger partial charge >= 0.3 is 0 Å². The van der Waals surface area contributed by atoms with Gasteiger partial charge < -0.3 is 21.1 Å². The Bertz CT molecular complexity index is 1560. The van der Waals surface area contributed by atoms with Crippen molar-refractivity contribution in [3.8, 4) is 28.1 Å². The van der Waals surface area contributed by atoms with Crippen molar-refractivity contribution in [2.75, 3.05) is 18.2 Å². The number of nitrogens with one attached hydrogen (secondary N) is 2. The van der Waals surface area contributed by atoms with Crippen molar-refractivity contribution in [3.05, 3.63) is 66.8 Å². The minimum atomic E-state index is -1.09. The molecule has 2 aromatic carbocycles. The molecule has 1 aliphatic rings. The average Bonchev–Trinajstić information content (AvgIpc) is 3.47. The molecule has 1 aliphatic carbocycles. The Morgan fingerprint density at radius 3 is 2.51 bits per heavy atom. The third-order valence-electron chi connectivity index (χ3n) is 6.28. The number of carbonyl (C=O) groups excluding carboxylic acids is 2. The van der Waals surface area contributed by atoms with Crippen molar-refractivity contribution in [2.45, 2.75) is 25.3 Å². The van der Waals surface area contributed by atoms with Crippen molar-refractivity contribution in [2.24, 2.45) is 0 Å². The molecule has 1 saturated carbocycles. The largest absolute Gasteiger partial charge is 0.496 e. The predicted octanol–water partition coefficient (Wildman–Crippen LogP) is 3.75. The summed E-state index contributed by atoms with van der Waals surface area (Å²) in [6.07, 6.45) is 3.18. The Labute approximate surface area is 211 Å². The number of aromatic nitrogens is 4. The van der Waals surface area contributed by atoms with E-state index in [1.54, 1.807) is 42.5 Å². The van der Waals surface area contributed by atoms with Crippen LogP contribution in [0, 0.1) is 0 Å². The molecule has 2 aromatic heterocycles. The number of anilines is 2. The molecule has 2 heterocycles. The van der Waals surface area contributed by atoms with Crippen LogP contribution in [-0.2, 0) is 4.79 Å². The zero-order chi connectivity index (χ0) is 26.3. The first-order chi connectivity index (χ1) is 17.7. The first-order valence-corrected chi connectivity index (χ1v) is 11.5. The van der Waals surface area contributed by atoms with E-state index >= 15 is 0 Å². The first kappa shape index (κ1) is 23.9. The van der Waals surface area contributed by atoms with Crippen molar-refractivity contribution in [1.29, 1.82) is 0 Å². The van der Waals surface area contributed by atoms with Crippen molar-refractivity contribution < 1.29 is 18.7 Å². The maximum atomic E-state index is 13.1. The summed E-state index contributed by atoms with van der Waals surface area (Å²) in [7, 11) is 1.50. The smallest absolute Gasteiger partial charge is 0.283 e. The SMILES string of the molecule is C=C(F)C(=O)Nc1ccc(-c2nn3ncnc(N)c3c2-c2ccc(C(=O)NC3(C)CC3)c(OC)c2)cc1. The van der Waals surface area contributed by atoms with Gasteiger partial charge in [0.05, 0.1) is 12.7 Å². The standard InChI is InChI=1S/C26H24FN7O3/c1-14(27)24(35)31-17-7-4-15(5-8-17)21-20(22-23(28)29-13-30-34(22)33-21)16-6-9-18(19(12-16)37-3)25(36)32-26(2)10-11-26/h4-9,12-13H,1,10-11H2,2-3H3,(H,31,35)(H,32,36)(H2,28,29,30). The second-order valence-corrected chi connectivity index (χ2v) is 9.07. The number of methoxy groups -OCH3 is 1. The van der Waals surface area contributed by atoms with Gasteiger partial charge in [0.15, 0.2) is 11.6 Å². The fraction of sp³-hybridized carbons (Fsp3) is 0.192. The summed E-state index contributed by atoms with van der Waals surface area (Å²) in [6, 6.07) is 11.9. The number of nitrogens with zero attached hydrogens (tertiary/aromatic N) is 4. The Hall–Kier alpha value is -4.80. The Morgan fingerprint density at radius 2 is 1.86 bits per heavy atom. The average molecular weight is 502 g/mol. The Kier molecular flexibility index (Phi) is 5.82. The van der Waals surface area contributed by atoms with Crippen LogP contribution >= 0.6 is 0 Å². The van der Waals surface area contributed by atoms with Gasteiger partial charge in [-0.1, -0.05) is 24.8 Å². The van der Waals surface area contributed by atoms with E-state index < -0.39 is 11.7 Å². The topological polar surface area (TPSA) is 137 Å². The van der Waals surface area contributed by atoms with Gasteiger partial charge in [0.2, 0.25) is 0 Å². The molecule has 0 unspecified atom stereocenters. The number of nitrogen functional groups attached to an aromatic ring is 1. The summed E-state index contributed by atoms with van der Waals surface area (Å²) in [5.41, 5.74) is 9.85. The highest BCUT2D eigenvalue weighted by Crippen LogP contribution is 2.39. The highest BCUT2D eigenvalue weighted by molar-refractivity contribution is 6.02. The summed E-state index contributed by atoms with van der Waals surface area (Å²) in [5, 5.41) is 14.3. The lowest BCUT2D eigenvalue weighted by Crippen LogP contribution is -2.34. The number of nitrogens with two attached hydrogens (primary N) is 1. The molecule has 4 N–H and O–H groups in total. The molecule has 11 heteroatoms. The zero-order valence-electron chi connectivity index (χ0n) is 20.2. The molecule has 4 aromatic rings. The molecule has 1 fully saturated rings. The molecule has 0 radical (unpaired) electrons. The van der Waals surface area contributed by atoms with Crippen molar-refractivity contribution in [3.63, 3.8) is 0 Å². The van der Waals surface area contributed by atoms with E-state index in [0.717, 1.165) is 12.8 Å². The van der Waals surface area contributed by atoms with E-state index in [1.165, 1.54) is 18.1 Å². The molecule has 188 valence electrons. The van der Waals surface area contributed by atoms with Gasteiger partial charge in [0.1, 0.15) is 23.3 Å². The Balaban J connectivity index is 1.59. The van der Waals surface area contributed by atoms with Gasteiger partial charge in [-0.2, -0.15) is 0 Å². The van der Waals surface area contributed by atoms with Crippen LogP contribution in [0.3, 0.4) is 0 Å². The summed E-state index contributed by atoms with van der Waals surface area (Å²) < 4.78 is 20.0. The molecule has 37 heavy (non-hydrogen) atoms. The lowest BCUT2D eigenvalue weighted by molar-refractivity contribution is -0.114. The van der Waals surface area contributed by atoms with Crippen molar-refractivity contribution in [1.82, 2.24) is 25.1 Å². The molecule has 0 saturated heterocycles.